The summed E-state index contributed by atoms with van der Waals surface area (Å²) in [5, 5.41) is 89.6. The molecule has 0 aromatic heterocycles. The lowest BCUT2D eigenvalue weighted by atomic mass is 9.98. The van der Waals surface area contributed by atoms with Crippen LogP contribution in [-0.2, 0) is 23.8 Å². The topological polar surface area (TPSA) is 253 Å². The Bertz CT molecular complexity index is 1300. The summed E-state index contributed by atoms with van der Waals surface area (Å²) in [6.45, 7) is -0.710. The molecule has 39 heavy (non-hydrogen) atoms. The van der Waals surface area contributed by atoms with Gasteiger partial charge in [-0.15, -0.1) is 0 Å². The van der Waals surface area contributed by atoms with E-state index in [0.717, 1.165) is 24.3 Å². The van der Waals surface area contributed by atoms with E-state index in [9.17, 15) is 50.4 Å². The van der Waals surface area contributed by atoms with E-state index < -0.39 is 90.5 Å². The second-order valence-electron chi connectivity index (χ2n) is 8.68. The van der Waals surface area contributed by atoms with Gasteiger partial charge in [-0.25, -0.2) is 0 Å². The Kier molecular flexibility index (Phi) is 7.60. The van der Waals surface area contributed by atoms with E-state index in [1.54, 1.807) is 0 Å². The van der Waals surface area contributed by atoms with Crippen molar-refractivity contribution in [1.29, 1.82) is 0 Å². The molecule has 2 aliphatic heterocycles. The minimum absolute atomic E-state index is 0.128. The minimum Gasteiger partial charge on any atom is -0.504 e. The normalized spacial score (nSPS) is 26.1. The number of ether oxygens (including phenoxy) is 4. The molecule has 0 amide bonds. The molecule has 0 radical (unpaired) electrons. The number of aromatic hydroxyl groups is 5. The predicted molar refractivity (Wildman–Crippen MR) is 124 cm³/mol. The van der Waals surface area contributed by atoms with Crippen molar-refractivity contribution in [1.82, 2.24) is 0 Å². The van der Waals surface area contributed by atoms with Crippen molar-refractivity contribution in [3.8, 4) is 34.5 Å². The fraction of sp³-hybridized carbons (Fsp3) is 0.333. The number of carbonyl (C=O) groups excluding carboxylic acids is 1. The molecule has 6 atom stereocenters. The maximum absolute atomic E-state index is 11.6. The van der Waals surface area contributed by atoms with Gasteiger partial charge in [0.2, 0.25) is 12.0 Å². The molecule has 2 aromatic carbocycles. The van der Waals surface area contributed by atoms with Crippen molar-refractivity contribution in [3.63, 3.8) is 0 Å². The van der Waals surface area contributed by atoms with E-state index in [2.05, 4.69) is 0 Å². The first-order valence-corrected chi connectivity index (χ1v) is 11.3. The first kappa shape index (κ1) is 27.6. The van der Waals surface area contributed by atoms with Gasteiger partial charge in [-0.2, -0.15) is 0 Å². The lowest BCUT2D eigenvalue weighted by molar-refractivity contribution is -0.294. The molecule has 2 heterocycles. The highest BCUT2D eigenvalue weighted by atomic mass is 16.7. The summed E-state index contributed by atoms with van der Waals surface area (Å²) in [5.41, 5.74) is 0.00358. The van der Waals surface area contributed by atoms with Crippen LogP contribution in [0, 0.1) is 0 Å². The van der Waals surface area contributed by atoms with E-state index >= 15 is 0 Å². The Labute approximate surface area is 218 Å². The summed E-state index contributed by atoms with van der Waals surface area (Å²) in [6, 6.07) is 4.59. The van der Waals surface area contributed by atoms with Gasteiger partial charge in [0.15, 0.2) is 29.1 Å². The summed E-state index contributed by atoms with van der Waals surface area (Å²) in [6.07, 6.45) is -9.87. The quantitative estimate of drug-likeness (QED) is 0.120. The second kappa shape index (κ2) is 10.7. The van der Waals surface area contributed by atoms with Crippen LogP contribution in [0.5, 0.6) is 34.5 Å². The van der Waals surface area contributed by atoms with E-state index in [0.29, 0.717) is 0 Å². The summed E-state index contributed by atoms with van der Waals surface area (Å²) < 4.78 is 21.8. The van der Waals surface area contributed by atoms with Crippen LogP contribution in [0.2, 0.25) is 0 Å². The second-order valence-corrected chi connectivity index (χ2v) is 8.68. The van der Waals surface area contributed by atoms with Crippen LogP contribution in [0.3, 0.4) is 0 Å². The van der Waals surface area contributed by atoms with Crippen LogP contribution < -0.4 is 4.74 Å². The van der Waals surface area contributed by atoms with Crippen molar-refractivity contribution in [2.45, 2.75) is 43.2 Å². The SMILES string of the molecule is O=C(O)CC(=O)OCC1OC(OC2=Cc3c(cc(O)c(O)c3O)OC2c2ccc(O)c(O)c2)C(O)C(O)C1O. The number of phenolic OH excluding ortho intramolecular Hbond substituents is 5. The zero-order valence-corrected chi connectivity index (χ0v) is 19.7. The summed E-state index contributed by atoms with van der Waals surface area (Å²) in [5.74, 6) is -6.33. The van der Waals surface area contributed by atoms with Crippen molar-refractivity contribution in [2.24, 2.45) is 0 Å². The van der Waals surface area contributed by atoms with Gasteiger partial charge in [0, 0.05) is 11.6 Å². The Morgan fingerprint density at radius 3 is 2.26 bits per heavy atom. The Hall–Kier alpha value is -4.44. The number of benzene rings is 2. The third-order valence-corrected chi connectivity index (χ3v) is 5.97. The third kappa shape index (κ3) is 5.56. The molecule has 9 N–H and O–H groups in total. The van der Waals surface area contributed by atoms with Gasteiger partial charge in [-0.3, -0.25) is 9.59 Å². The van der Waals surface area contributed by atoms with Crippen molar-refractivity contribution < 1.29 is 74.5 Å². The lowest BCUT2D eigenvalue weighted by Gasteiger charge is -2.41. The van der Waals surface area contributed by atoms with E-state index in [-0.39, 0.29) is 22.6 Å². The minimum atomic E-state index is -1.89. The summed E-state index contributed by atoms with van der Waals surface area (Å²) >= 11 is 0. The number of carboxylic acid groups (broad SMARTS) is 1. The number of aliphatic hydroxyl groups excluding tert-OH is 3. The average Bonchev–Trinajstić information content (AvgIpc) is 2.88. The van der Waals surface area contributed by atoms with Crippen molar-refractivity contribution >= 4 is 18.0 Å². The van der Waals surface area contributed by atoms with Gasteiger partial charge in [0.25, 0.3) is 0 Å². The van der Waals surface area contributed by atoms with Crippen LogP contribution in [0.4, 0.5) is 0 Å². The number of carboxylic acids is 1. The number of esters is 1. The number of hydrogen-bond acceptors (Lipinski definition) is 14. The number of rotatable bonds is 7. The molecule has 1 saturated heterocycles. The maximum Gasteiger partial charge on any atom is 0.317 e. The molecule has 4 rings (SSSR count). The highest BCUT2D eigenvalue weighted by Gasteiger charge is 2.46. The Morgan fingerprint density at radius 2 is 1.59 bits per heavy atom. The Balaban J connectivity index is 1.66. The van der Waals surface area contributed by atoms with Crippen LogP contribution >= 0.6 is 0 Å². The van der Waals surface area contributed by atoms with E-state index in [1.807, 2.05) is 0 Å². The number of aliphatic carboxylic acids is 1. The van der Waals surface area contributed by atoms with Gasteiger partial charge >= 0.3 is 11.9 Å². The molecule has 0 spiro atoms. The largest absolute Gasteiger partial charge is 0.504 e. The number of fused-ring (bicyclic) bond motifs is 1. The zero-order valence-electron chi connectivity index (χ0n) is 19.7. The summed E-state index contributed by atoms with van der Waals surface area (Å²) in [4.78, 5) is 22.3. The van der Waals surface area contributed by atoms with E-state index in [1.165, 1.54) is 6.07 Å². The first-order chi connectivity index (χ1) is 18.4. The molecule has 0 bridgehead atoms. The lowest BCUT2D eigenvalue weighted by Crippen LogP contribution is -2.59. The molecular formula is C24H24O15. The molecule has 6 unspecified atom stereocenters. The molecule has 0 aliphatic carbocycles. The number of carbonyl (C=O) groups is 2. The molecule has 210 valence electrons. The molecule has 0 saturated carbocycles. The van der Waals surface area contributed by atoms with Gasteiger partial charge < -0.3 is 64.9 Å². The first-order valence-electron chi connectivity index (χ1n) is 11.3. The fourth-order valence-electron chi connectivity index (χ4n) is 3.94. The van der Waals surface area contributed by atoms with E-state index in [4.69, 9.17) is 24.1 Å². The van der Waals surface area contributed by atoms with Gasteiger partial charge in [0.1, 0.15) is 49.0 Å². The Morgan fingerprint density at radius 1 is 0.872 bits per heavy atom. The molecular weight excluding hydrogens is 528 g/mol. The van der Waals surface area contributed by atoms with Gasteiger partial charge in [0.05, 0.1) is 5.56 Å². The molecule has 15 heteroatoms. The van der Waals surface area contributed by atoms with Crippen LogP contribution in [-0.4, -0.2) is 95.2 Å². The number of hydrogen-bond donors (Lipinski definition) is 9. The predicted octanol–water partition coefficient (Wildman–Crippen LogP) is -0.469. The smallest absolute Gasteiger partial charge is 0.317 e. The molecule has 15 nitrogen and oxygen atoms in total. The maximum atomic E-state index is 11.6. The molecule has 2 aliphatic rings. The van der Waals surface area contributed by atoms with Crippen LogP contribution in [0.15, 0.2) is 30.0 Å². The zero-order chi connectivity index (χ0) is 28.6. The monoisotopic (exact) mass is 552 g/mol. The number of aliphatic hydroxyl groups is 3. The third-order valence-electron chi connectivity index (χ3n) is 5.97. The standard InChI is InChI=1S/C24H24O15/c25-10-2-1-8(3-11(10)26)23-14(4-9-13(37-23)5-12(27)19(32)18(9)31)38-24-22(35)21(34)20(33)15(39-24)7-36-17(30)6-16(28)29/h1-5,15,20-27,31-35H,6-7H2,(H,28,29). The molecule has 1 fully saturated rings. The van der Waals surface area contributed by atoms with Crippen LogP contribution in [0.25, 0.3) is 6.08 Å². The molecule has 2 aromatic rings. The highest BCUT2D eigenvalue weighted by molar-refractivity contribution is 5.90. The van der Waals surface area contributed by atoms with Crippen LogP contribution in [0.1, 0.15) is 23.7 Å². The average molecular weight is 552 g/mol. The van der Waals surface area contributed by atoms with Gasteiger partial charge in [-0.05, 0) is 18.2 Å². The number of phenols is 5. The fourth-order valence-corrected chi connectivity index (χ4v) is 3.94. The summed E-state index contributed by atoms with van der Waals surface area (Å²) in [7, 11) is 0. The highest BCUT2D eigenvalue weighted by Crippen LogP contribution is 2.49. The van der Waals surface area contributed by atoms with Crippen molar-refractivity contribution in [3.05, 3.63) is 41.2 Å². The van der Waals surface area contributed by atoms with Crippen molar-refractivity contribution in [2.75, 3.05) is 6.61 Å². The van der Waals surface area contributed by atoms with Gasteiger partial charge in [-0.1, -0.05) is 6.07 Å².